The fourth-order valence-electron chi connectivity index (χ4n) is 2.27. The molecule has 1 aliphatic rings. The van der Waals surface area contributed by atoms with E-state index in [9.17, 15) is 4.79 Å². The van der Waals surface area contributed by atoms with Crippen LogP contribution in [0.1, 0.15) is 17.0 Å². The van der Waals surface area contributed by atoms with E-state index in [0.717, 1.165) is 12.1 Å². The first-order valence-corrected chi connectivity index (χ1v) is 5.19. The van der Waals surface area contributed by atoms with Gasteiger partial charge in [0.1, 0.15) is 0 Å². The first-order chi connectivity index (χ1) is 7.20. The standard InChI is InChI=1S/C12H15NO2/c1-8-4-2-3-5-9(8)10-6-13-7-11(10)12(14)15/h2-5,10-11,13H,6-7H2,1H3,(H,14,15)/t10-,11+/m0/s1. The van der Waals surface area contributed by atoms with Crippen LogP contribution < -0.4 is 5.32 Å². The van der Waals surface area contributed by atoms with Crippen molar-refractivity contribution in [3.63, 3.8) is 0 Å². The predicted octanol–water partition coefficient (Wildman–Crippen LogP) is 1.38. The number of nitrogens with one attached hydrogen (secondary N) is 1. The summed E-state index contributed by atoms with van der Waals surface area (Å²) < 4.78 is 0. The monoisotopic (exact) mass is 205 g/mol. The summed E-state index contributed by atoms with van der Waals surface area (Å²) in [6.07, 6.45) is 0. The van der Waals surface area contributed by atoms with Crippen LogP contribution in [0.15, 0.2) is 24.3 Å². The summed E-state index contributed by atoms with van der Waals surface area (Å²) in [7, 11) is 0. The third-order valence-electron chi connectivity index (χ3n) is 3.12. The minimum absolute atomic E-state index is 0.115. The summed E-state index contributed by atoms with van der Waals surface area (Å²) in [4.78, 5) is 11.1. The van der Waals surface area contributed by atoms with Gasteiger partial charge in [-0.2, -0.15) is 0 Å². The molecule has 2 N–H and O–H groups in total. The Bertz CT molecular complexity index is 376. The van der Waals surface area contributed by atoms with E-state index in [-0.39, 0.29) is 11.8 Å². The smallest absolute Gasteiger partial charge is 0.308 e. The largest absolute Gasteiger partial charge is 0.481 e. The van der Waals surface area contributed by atoms with E-state index in [0.29, 0.717) is 6.54 Å². The molecule has 80 valence electrons. The zero-order valence-electron chi connectivity index (χ0n) is 8.73. The third kappa shape index (κ3) is 1.88. The van der Waals surface area contributed by atoms with Gasteiger partial charge >= 0.3 is 5.97 Å². The van der Waals surface area contributed by atoms with E-state index < -0.39 is 5.97 Å². The fourth-order valence-corrected chi connectivity index (χ4v) is 2.27. The van der Waals surface area contributed by atoms with Crippen molar-refractivity contribution in [2.24, 2.45) is 5.92 Å². The number of hydrogen-bond acceptors (Lipinski definition) is 2. The molecule has 0 unspecified atom stereocenters. The highest BCUT2D eigenvalue weighted by atomic mass is 16.4. The number of carboxylic acids is 1. The average Bonchev–Trinajstić information content (AvgIpc) is 2.67. The molecule has 0 aromatic heterocycles. The van der Waals surface area contributed by atoms with Crippen LogP contribution >= 0.6 is 0 Å². The number of benzene rings is 1. The molecular formula is C12H15NO2. The van der Waals surface area contributed by atoms with E-state index in [1.165, 1.54) is 5.56 Å². The van der Waals surface area contributed by atoms with Gasteiger partial charge in [-0.05, 0) is 18.1 Å². The molecule has 1 heterocycles. The van der Waals surface area contributed by atoms with Crippen LogP contribution in [-0.2, 0) is 4.79 Å². The van der Waals surface area contributed by atoms with Crippen molar-refractivity contribution in [3.05, 3.63) is 35.4 Å². The second-order valence-electron chi connectivity index (χ2n) is 4.07. The van der Waals surface area contributed by atoms with Crippen LogP contribution in [0.5, 0.6) is 0 Å². The number of hydrogen-bond donors (Lipinski definition) is 2. The molecule has 1 aliphatic heterocycles. The number of carboxylic acid groups (broad SMARTS) is 1. The second kappa shape index (κ2) is 4.03. The maximum Gasteiger partial charge on any atom is 0.308 e. The van der Waals surface area contributed by atoms with Crippen molar-refractivity contribution >= 4 is 5.97 Å². The van der Waals surface area contributed by atoms with Gasteiger partial charge in [0, 0.05) is 19.0 Å². The molecule has 0 radical (unpaired) electrons. The summed E-state index contributed by atoms with van der Waals surface area (Å²) in [5, 5.41) is 12.2. The maximum absolute atomic E-state index is 11.1. The maximum atomic E-state index is 11.1. The lowest BCUT2D eigenvalue weighted by atomic mass is 9.86. The summed E-state index contributed by atoms with van der Waals surface area (Å²) in [6, 6.07) is 8.02. The predicted molar refractivity (Wildman–Crippen MR) is 57.9 cm³/mol. The number of aryl methyl sites for hydroxylation is 1. The van der Waals surface area contributed by atoms with Crippen LogP contribution in [0, 0.1) is 12.8 Å². The quantitative estimate of drug-likeness (QED) is 0.767. The molecule has 3 heteroatoms. The second-order valence-corrected chi connectivity index (χ2v) is 4.07. The Balaban J connectivity index is 2.30. The van der Waals surface area contributed by atoms with Gasteiger partial charge in [-0.25, -0.2) is 0 Å². The van der Waals surface area contributed by atoms with Gasteiger partial charge in [-0.15, -0.1) is 0 Å². The van der Waals surface area contributed by atoms with Crippen LogP contribution in [-0.4, -0.2) is 24.2 Å². The highest BCUT2D eigenvalue weighted by Gasteiger charge is 2.34. The molecule has 0 amide bonds. The van der Waals surface area contributed by atoms with E-state index in [1.807, 2.05) is 31.2 Å². The van der Waals surface area contributed by atoms with Crippen molar-refractivity contribution in [3.8, 4) is 0 Å². The molecular weight excluding hydrogens is 190 g/mol. The Morgan fingerprint density at radius 2 is 2.13 bits per heavy atom. The lowest BCUT2D eigenvalue weighted by molar-refractivity contribution is -0.141. The molecule has 1 fully saturated rings. The Kier molecular flexibility index (Phi) is 2.73. The van der Waals surface area contributed by atoms with E-state index in [4.69, 9.17) is 5.11 Å². The minimum Gasteiger partial charge on any atom is -0.481 e. The molecule has 1 saturated heterocycles. The molecule has 2 rings (SSSR count). The van der Waals surface area contributed by atoms with E-state index in [1.54, 1.807) is 0 Å². The average molecular weight is 205 g/mol. The van der Waals surface area contributed by atoms with Gasteiger partial charge in [0.2, 0.25) is 0 Å². The summed E-state index contributed by atoms with van der Waals surface area (Å²) in [5.41, 5.74) is 2.34. The molecule has 15 heavy (non-hydrogen) atoms. The highest BCUT2D eigenvalue weighted by molar-refractivity contribution is 5.72. The molecule has 0 aliphatic carbocycles. The highest BCUT2D eigenvalue weighted by Crippen LogP contribution is 2.30. The van der Waals surface area contributed by atoms with Gasteiger partial charge in [0.25, 0.3) is 0 Å². The van der Waals surface area contributed by atoms with Gasteiger partial charge in [0.05, 0.1) is 5.92 Å². The molecule has 2 atom stereocenters. The molecule has 1 aromatic carbocycles. The number of aliphatic carboxylic acids is 1. The lowest BCUT2D eigenvalue weighted by Gasteiger charge is -2.17. The van der Waals surface area contributed by atoms with Crippen molar-refractivity contribution < 1.29 is 9.90 Å². The van der Waals surface area contributed by atoms with Crippen molar-refractivity contribution in [1.82, 2.24) is 5.32 Å². The SMILES string of the molecule is Cc1ccccc1[C@@H]1CNC[C@H]1C(=O)O. The Morgan fingerprint density at radius 3 is 2.80 bits per heavy atom. The lowest BCUT2D eigenvalue weighted by Crippen LogP contribution is -2.21. The molecule has 0 saturated carbocycles. The zero-order chi connectivity index (χ0) is 10.8. The van der Waals surface area contributed by atoms with Crippen LogP contribution in [0.2, 0.25) is 0 Å². The Hall–Kier alpha value is -1.35. The topological polar surface area (TPSA) is 49.3 Å². The van der Waals surface area contributed by atoms with Crippen molar-refractivity contribution in [1.29, 1.82) is 0 Å². The molecule has 3 nitrogen and oxygen atoms in total. The summed E-state index contributed by atoms with van der Waals surface area (Å²) in [5.74, 6) is -0.872. The van der Waals surface area contributed by atoms with Gasteiger partial charge in [-0.3, -0.25) is 4.79 Å². The Morgan fingerprint density at radius 1 is 1.40 bits per heavy atom. The third-order valence-corrected chi connectivity index (χ3v) is 3.12. The molecule has 1 aromatic rings. The van der Waals surface area contributed by atoms with Gasteiger partial charge < -0.3 is 10.4 Å². The van der Waals surface area contributed by atoms with Gasteiger partial charge in [0.15, 0.2) is 0 Å². The Labute approximate surface area is 89.1 Å². The van der Waals surface area contributed by atoms with Gasteiger partial charge in [-0.1, -0.05) is 24.3 Å². The van der Waals surface area contributed by atoms with Crippen molar-refractivity contribution in [2.45, 2.75) is 12.8 Å². The molecule has 0 bridgehead atoms. The zero-order valence-corrected chi connectivity index (χ0v) is 8.73. The number of rotatable bonds is 2. The fraction of sp³-hybridized carbons (Fsp3) is 0.417. The first kappa shape index (κ1) is 10.2. The van der Waals surface area contributed by atoms with E-state index >= 15 is 0 Å². The summed E-state index contributed by atoms with van der Waals surface area (Å²) in [6.45, 7) is 3.38. The minimum atomic E-state index is -0.701. The van der Waals surface area contributed by atoms with Crippen LogP contribution in [0.4, 0.5) is 0 Å². The van der Waals surface area contributed by atoms with Crippen molar-refractivity contribution in [2.75, 3.05) is 13.1 Å². The normalized spacial score (nSPS) is 25.4. The molecule has 0 spiro atoms. The van der Waals surface area contributed by atoms with Crippen LogP contribution in [0.3, 0.4) is 0 Å². The summed E-state index contributed by atoms with van der Waals surface area (Å²) >= 11 is 0. The van der Waals surface area contributed by atoms with Crippen LogP contribution in [0.25, 0.3) is 0 Å². The first-order valence-electron chi connectivity index (χ1n) is 5.19. The number of carbonyl (C=O) groups is 1. The van der Waals surface area contributed by atoms with E-state index in [2.05, 4.69) is 5.32 Å².